The number of hydrogen-bond acceptors (Lipinski definition) is 5. The molecule has 25 heavy (non-hydrogen) atoms. The van der Waals surface area contributed by atoms with E-state index in [1.807, 2.05) is 4.90 Å². The SMILES string of the molecule is I.NC(=NCc1ccc(O)c(F)c1)N1CCN(c2ncccn2)CC1. The van der Waals surface area contributed by atoms with Crippen molar-refractivity contribution < 1.29 is 9.50 Å². The molecule has 2 heterocycles. The second-order valence-electron chi connectivity index (χ2n) is 5.48. The molecule has 134 valence electrons. The van der Waals surface area contributed by atoms with Gasteiger partial charge in [0.2, 0.25) is 5.95 Å². The molecule has 1 aliphatic rings. The number of rotatable bonds is 3. The Morgan fingerprint density at radius 1 is 1.20 bits per heavy atom. The van der Waals surface area contributed by atoms with Gasteiger partial charge < -0.3 is 20.6 Å². The van der Waals surface area contributed by atoms with Crippen LogP contribution < -0.4 is 10.6 Å². The predicted octanol–water partition coefficient (Wildman–Crippen LogP) is 1.58. The fourth-order valence-corrected chi connectivity index (χ4v) is 2.51. The van der Waals surface area contributed by atoms with Gasteiger partial charge in [-0.1, -0.05) is 6.07 Å². The Hall–Kier alpha value is -2.17. The van der Waals surface area contributed by atoms with Crippen LogP contribution in [0.2, 0.25) is 0 Å². The molecule has 1 aliphatic heterocycles. The Balaban J connectivity index is 0.00000225. The lowest BCUT2D eigenvalue weighted by atomic mass is 10.2. The molecule has 0 saturated carbocycles. The number of nitrogens with two attached hydrogens (primary N) is 1. The minimum atomic E-state index is -0.655. The summed E-state index contributed by atoms with van der Waals surface area (Å²) in [6, 6.07) is 5.99. The minimum Gasteiger partial charge on any atom is -0.505 e. The molecule has 1 aromatic heterocycles. The second-order valence-corrected chi connectivity index (χ2v) is 5.48. The van der Waals surface area contributed by atoms with Gasteiger partial charge in [-0.3, -0.25) is 0 Å². The number of aromatic nitrogens is 2. The third kappa shape index (κ3) is 4.91. The topological polar surface area (TPSA) is 90.9 Å². The molecule has 3 rings (SSSR count). The highest BCUT2D eigenvalue weighted by molar-refractivity contribution is 14.0. The van der Waals surface area contributed by atoms with Gasteiger partial charge in [0.05, 0.1) is 6.54 Å². The monoisotopic (exact) mass is 458 g/mol. The molecule has 0 aliphatic carbocycles. The normalized spacial score (nSPS) is 15.0. The zero-order valence-corrected chi connectivity index (χ0v) is 15.9. The van der Waals surface area contributed by atoms with Gasteiger partial charge in [-0.15, -0.1) is 24.0 Å². The van der Waals surface area contributed by atoms with Gasteiger partial charge in [0.25, 0.3) is 0 Å². The van der Waals surface area contributed by atoms with E-state index in [0.29, 0.717) is 17.5 Å². The molecular formula is C16H20FIN6O. The summed E-state index contributed by atoms with van der Waals surface area (Å²) < 4.78 is 13.3. The van der Waals surface area contributed by atoms with E-state index in [2.05, 4.69) is 19.9 Å². The van der Waals surface area contributed by atoms with Crippen LogP contribution in [0.1, 0.15) is 5.56 Å². The van der Waals surface area contributed by atoms with E-state index in [9.17, 15) is 9.50 Å². The number of aromatic hydroxyl groups is 1. The zero-order valence-electron chi connectivity index (χ0n) is 13.5. The molecule has 3 N–H and O–H groups in total. The first kappa shape index (κ1) is 19.2. The minimum absolute atomic E-state index is 0. The number of halogens is 2. The number of anilines is 1. The highest BCUT2D eigenvalue weighted by atomic mass is 127. The van der Waals surface area contributed by atoms with Crippen molar-refractivity contribution in [1.82, 2.24) is 14.9 Å². The van der Waals surface area contributed by atoms with Crippen LogP contribution in [-0.2, 0) is 6.54 Å². The van der Waals surface area contributed by atoms with Crippen molar-refractivity contribution in [1.29, 1.82) is 0 Å². The summed E-state index contributed by atoms with van der Waals surface area (Å²) in [5.74, 6) is 0.122. The van der Waals surface area contributed by atoms with Crippen LogP contribution in [-0.4, -0.2) is 52.1 Å². The third-order valence-electron chi connectivity index (χ3n) is 3.87. The molecule has 0 amide bonds. The van der Waals surface area contributed by atoms with Crippen molar-refractivity contribution >= 4 is 35.9 Å². The van der Waals surface area contributed by atoms with E-state index in [4.69, 9.17) is 5.73 Å². The van der Waals surface area contributed by atoms with Crippen LogP contribution >= 0.6 is 24.0 Å². The van der Waals surface area contributed by atoms with Crippen LogP contribution in [0.4, 0.5) is 10.3 Å². The molecule has 0 bridgehead atoms. The summed E-state index contributed by atoms with van der Waals surface area (Å²) in [7, 11) is 0. The summed E-state index contributed by atoms with van der Waals surface area (Å²) in [6.45, 7) is 3.22. The summed E-state index contributed by atoms with van der Waals surface area (Å²) in [5.41, 5.74) is 6.69. The Bertz CT molecular complexity index is 722. The third-order valence-corrected chi connectivity index (χ3v) is 3.87. The lowest BCUT2D eigenvalue weighted by Gasteiger charge is -2.35. The molecule has 0 atom stereocenters. The number of phenols is 1. The van der Waals surface area contributed by atoms with E-state index in [0.717, 1.165) is 26.2 Å². The maximum atomic E-state index is 13.3. The first-order chi connectivity index (χ1) is 11.6. The highest BCUT2D eigenvalue weighted by Crippen LogP contribution is 2.16. The summed E-state index contributed by atoms with van der Waals surface area (Å²) in [6.07, 6.45) is 3.45. The van der Waals surface area contributed by atoms with Gasteiger partial charge in [-0.2, -0.15) is 0 Å². The van der Waals surface area contributed by atoms with Crippen LogP contribution in [0.3, 0.4) is 0 Å². The van der Waals surface area contributed by atoms with E-state index in [1.54, 1.807) is 24.5 Å². The molecular weight excluding hydrogens is 438 g/mol. The number of piperazine rings is 1. The van der Waals surface area contributed by atoms with Gasteiger partial charge in [0, 0.05) is 38.6 Å². The summed E-state index contributed by atoms with van der Waals surface area (Å²) >= 11 is 0. The Morgan fingerprint density at radius 3 is 2.52 bits per heavy atom. The smallest absolute Gasteiger partial charge is 0.225 e. The molecule has 2 aromatic rings. The number of aliphatic imine (C=N–C) groups is 1. The average Bonchev–Trinajstić information content (AvgIpc) is 2.63. The van der Waals surface area contributed by atoms with Gasteiger partial charge in [-0.05, 0) is 23.8 Å². The van der Waals surface area contributed by atoms with Crippen molar-refractivity contribution in [3.63, 3.8) is 0 Å². The lowest BCUT2D eigenvalue weighted by Crippen LogP contribution is -2.51. The molecule has 0 spiro atoms. The number of nitrogens with zero attached hydrogens (tertiary/aromatic N) is 5. The van der Waals surface area contributed by atoms with Crippen LogP contribution in [0.5, 0.6) is 5.75 Å². The Kier molecular flexibility index (Phi) is 6.73. The Morgan fingerprint density at radius 2 is 1.88 bits per heavy atom. The number of hydrogen-bond donors (Lipinski definition) is 2. The largest absolute Gasteiger partial charge is 0.505 e. The zero-order chi connectivity index (χ0) is 16.9. The Labute approximate surface area is 162 Å². The van der Waals surface area contributed by atoms with Gasteiger partial charge >= 0.3 is 0 Å². The molecule has 0 radical (unpaired) electrons. The van der Waals surface area contributed by atoms with Crippen molar-refractivity contribution in [3.05, 3.63) is 48.0 Å². The maximum Gasteiger partial charge on any atom is 0.225 e. The fourth-order valence-electron chi connectivity index (χ4n) is 2.51. The quantitative estimate of drug-likeness (QED) is 0.413. The number of phenolic OH excluding ortho intramolecular Hbond substituents is 1. The molecule has 0 unspecified atom stereocenters. The van der Waals surface area contributed by atoms with Crippen LogP contribution in [0.25, 0.3) is 0 Å². The second kappa shape index (κ2) is 8.79. The molecule has 1 saturated heterocycles. The number of benzene rings is 1. The van der Waals surface area contributed by atoms with E-state index >= 15 is 0 Å². The van der Waals surface area contributed by atoms with E-state index in [1.165, 1.54) is 12.1 Å². The molecule has 9 heteroatoms. The number of guanidine groups is 1. The van der Waals surface area contributed by atoms with E-state index in [-0.39, 0.29) is 36.3 Å². The van der Waals surface area contributed by atoms with Crippen molar-refractivity contribution in [2.24, 2.45) is 10.7 Å². The molecule has 7 nitrogen and oxygen atoms in total. The van der Waals surface area contributed by atoms with Crippen LogP contribution in [0.15, 0.2) is 41.7 Å². The van der Waals surface area contributed by atoms with Crippen LogP contribution in [0, 0.1) is 5.82 Å². The van der Waals surface area contributed by atoms with Crippen molar-refractivity contribution in [2.45, 2.75) is 6.54 Å². The molecule has 1 fully saturated rings. The van der Waals surface area contributed by atoms with Crippen molar-refractivity contribution in [3.8, 4) is 5.75 Å². The first-order valence-electron chi connectivity index (χ1n) is 7.68. The van der Waals surface area contributed by atoms with Gasteiger partial charge in [-0.25, -0.2) is 19.4 Å². The van der Waals surface area contributed by atoms with E-state index < -0.39 is 5.82 Å². The highest BCUT2D eigenvalue weighted by Gasteiger charge is 2.19. The average molecular weight is 458 g/mol. The fraction of sp³-hybridized carbons (Fsp3) is 0.312. The van der Waals surface area contributed by atoms with Gasteiger partial charge in [0.1, 0.15) is 0 Å². The summed E-state index contributed by atoms with van der Waals surface area (Å²) in [5, 5.41) is 9.19. The predicted molar refractivity (Wildman–Crippen MR) is 105 cm³/mol. The van der Waals surface area contributed by atoms with Gasteiger partial charge in [0.15, 0.2) is 17.5 Å². The maximum absolute atomic E-state index is 13.3. The standard InChI is InChI=1S/C16H19FN6O.HI/c17-13-10-12(2-3-14(13)24)11-21-15(18)22-6-8-23(9-7-22)16-19-4-1-5-20-16;/h1-5,10,24H,6-9,11H2,(H2,18,21);1H. The first-order valence-corrected chi connectivity index (χ1v) is 7.68. The molecule has 1 aromatic carbocycles. The lowest BCUT2D eigenvalue weighted by molar-refractivity contribution is 0.378. The van der Waals surface area contributed by atoms with Crippen molar-refractivity contribution in [2.75, 3.05) is 31.1 Å². The summed E-state index contributed by atoms with van der Waals surface area (Å²) in [4.78, 5) is 16.9.